The minimum atomic E-state index is -2.82. The molecule has 24 heavy (non-hydrogen) atoms. The van der Waals surface area contributed by atoms with Crippen molar-refractivity contribution in [2.24, 2.45) is 0 Å². The van der Waals surface area contributed by atoms with Gasteiger partial charge in [0.1, 0.15) is 0 Å². The summed E-state index contributed by atoms with van der Waals surface area (Å²) in [4.78, 5) is 4.54. The van der Waals surface area contributed by atoms with Gasteiger partial charge in [0.2, 0.25) is 5.89 Å². The van der Waals surface area contributed by atoms with Crippen LogP contribution in [-0.2, 0) is 16.4 Å². The van der Waals surface area contributed by atoms with E-state index in [2.05, 4.69) is 20.0 Å². The van der Waals surface area contributed by atoms with Crippen molar-refractivity contribution in [3.63, 3.8) is 0 Å². The largest absolute Gasteiger partial charge is 0.459 e. The number of nitrogens with zero attached hydrogens (tertiary/aromatic N) is 4. The number of furan rings is 1. The highest BCUT2D eigenvalue weighted by molar-refractivity contribution is 7.91. The summed E-state index contributed by atoms with van der Waals surface area (Å²) < 4.78 is 34.1. The van der Waals surface area contributed by atoms with Crippen molar-refractivity contribution in [2.45, 2.75) is 19.0 Å². The van der Waals surface area contributed by atoms with Gasteiger partial charge in [-0.2, -0.15) is 0 Å². The fourth-order valence-electron chi connectivity index (χ4n) is 3.36. The monoisotopic (exact) mass is 352 g/mol. The Hall–Kier alpha value is -1.71. The van der Waals surface area contributed by atoms with E-state index in [0.717, 1.165) is 32.6 Å². The van der Waals surface area contributed by atoms with Crippen LogP contribution in [0.25, 0.3) is 11.7 Å². The first-order valence-electron chi connectivity index (χ1n) is 8.12. The Morgan fingerprint density at radius 3 is 2.71 bits per heavy atom. The van der Waals surface area contributed by atoms with Gasteiger partial charge in [0.15, 0.2) is 15.6 Å². The molecule has 8 nitrogen and oxygen atoms in total. The van der Waals surface area contributed by atoms with Gasteiger partial charge in [0, 0.05) is 32.2 Å². The number of aromatic nitrogens is 2. The molecule has 0 radical (unpaired) electrons. The maximum Gasteiger partial charge on any atom is 0.283 e. The average Bonchev–Trinajstić information content (AvgIpc) is 3.28. The normalized spacial score (nSPS) is 25.2. The van der Waals surface area contributed by atoms with Crippen molar-refractivity contribution < 1.29 is 17.3 Å². The lowest BCUT2D eigenvalue weighted by Crippen LogP contribution is -2.50. The van der Waals surface area contributed by atoms with E-state index in [1.165, 1.54) is 0 Å². The van der Waals surface area contributed by atoms with Crippen molar-refractivity contribution >= 4 is 9.84 Å². The molecule has 130 valence electrons. The number of hydrogen-bond donors (Lipinski definition) is 0. The third-order valence-corrected chi connectivity index (χ3v) is 6.44. The van der Waals surface area contributed by atoms with Crippen LogP contribution in [0.15, 0.2) is 27.2 Å². The van der Waals surface area contributed by atoms with Crippen LogP contribution in [0.3, 0.4) is 0 Å². The van der Waals surface area contributed by atoms with Crippen LogP contribution in [0.2, 0.25) is 0 Å². The van der Waals surface area contributed by atoms with Gasteiger partial charge >= 0.3 is 0 Å². The van der Waals surface area contributed by atoms with Crippen LogP contribution in [0, 0.1) is 0 Å². The summed E-state index contributed by atoms with van der Waals surface area (Å²) in [5.74, 6) is 2.17. The quantitative estimate of drug-likeness (QED) is 0.791. The molecule has 0 unspecified atom stereocenters. The zero-order chi connectivity index (χ0) is 16.6. The number of rotatable bonds is 4. The molecule has 2 aliphatic heterocycles. The van der Waals surface area contributed by atoms with Crippen LogP contribution in [0.4, 0.5) is 0 Å². The minimum absolute atomic E-state index is 0.186. The molecule has 2 saturated heterocycles. The van der Waals surface area contributed by atoms with Crippen LogP contribution >= 0.6 is 0 Å². The van der Waals surface area contributed by atoms with Crippen LogP contribution in [0.5, 0.6) is 0 Å². The molecule has 2 aromatic rings. The summed E-state index contributed by atoms with van der Waals surface area (Å²) in [5.41, 5.74) is 0. The number of piperazine rings is 1. The van der Waals surface area contributed by atoms with Gasteiger partial charge in [-0.1, -0.05) is 0 Å². The van der Waals surface area contributed by atoms with E-state index in [9.17, 15) is 8.42 Å². The van der Waals surface area contributed by atoms with E-state index in [1.807, 2.05) is 0 Å². The molecule has 0 spiro atoms. The molecule has 9 heteroatoms. The minimum Gasteiger partial charge on any atom is -0.459 e. The Morgan fingerprint density at radius 1 is 1.21 bits per heavy atom. The van der Waals surface area contributed by atoms with Crippen LogP contribution < -0.4 is 0 Å². The van der Waals surface area contributed by atoms with E-state index in [0.29, 0.717) is 35.6 Å². The van der Waals surface area contributed by atoms with Crippen molar-refractivity contribution in [3.8, 4) is 11.7 Å². The van der Waals surface area contributed by atoms with E-state index >= 15 is 0 Å². The van der Waals surface area contributed by atoms with Gasteiger partial charge in [-0.05, 0) is 18.6 Å². The summed E-state index contributed by atoms with van der Waals surface area (Å²) >= 11 is 0. The smallest absolute Gasteiger partial charge is 0.283 e. The summed E-state index contributed by atoms with van der Waals surface area (Å²) in [6.45, 7) is 4.09. The molecule has 4 heterocycles. The third-order valence-electron chi connectivity index (χ3n) is 4.69. The first-order valence-corrected chi connectivity index (χ1v) is 9.94. The van der Waals surface area contributed by atoms with Crippen molar-refractivity contribution in [2.75, 3.05) is 37.7 Å². The van der Waals surface area contributed by atoms with Gasteiger partial charge in [-0.3, -0.25) is 9.80 Å². The first-order chi connectivity index (χ1) is 11.6. The standard InChI is InChI=1S/C15H20N4O4S/c20-24(21)9-3-12(11-24)19-6-4-18(5-7-19)10-14-16-17-15(23-14)13-2-1-8-22-13/h1-2,8,12H,3-7,9-11H2/t12-/m0/s1. The van der Waals surface area contributed by atoms with E-state index < -0.39 is 9.84 Å². The van der Waals surface area contributed by atoms with Gasteiger partial charge in [-0.15, -0.1) is 10.2 Å². The molecule has 4 rings (SSSR count). The molecule has 0 bridgehead atoms. The second-order valence-electron chi connectivity index (χ2n) is 6.35. The first kappa shape index (κ1) is 15.8. The Balaban J connectivity index is 1.31. The molecule has 0 aliphatic carbocycles. The highest BCUT2D eigenvalue weighted by atomic mass is 32.2. The van der Waals surface area contributed by atoms with Gasteiger partial charge in [-0.25, -0.2) is 8.42 Å². The van der Waals surface area contributed by atoms with Crippen molar-refractivity contribution in [3.05, 3.63) is 24.3 Å². The molecule has 2 aliphatic rings. The van der Waals surface area contributed by atoms with Gasteiger partial charge in [0.05, 0.1) is 24.3 Å². The Kier molecular flexibility index (Phi) is 4.15. The SMILES string of the molecule is O=S1(=O)CC[C@H](N2CCN(Cc3nnc(-c4ccco4)o3)CC2)C1. The summed E-state index contributed by atoms with van der Waals surface area (Å²) in [7, 11) is -2.82. The zero-order valence-corrected chi connectivity index (χ0v) is 14.1. The van der Waals surface area contributed by atoms with Crippen LogP contribution in [0.1, 0.15) is 12.3 Å². The topological polar surface area (TPSA) is 92.7 Å². The Morgan fingerprint density at radius 2 is 2.04 bits per heavy atom. The lowest BCUT2D eigenvalue weighted by Gasteiger charge is -2.37. The van der Waals surface area contributed by atoms with Gasteiger partial charge < -0.3 is 8.83 Å². The van der Waals surface area contributed by atoms with Crippen LogP contribution in [-0.4, -0.2) is 72.1 Å². The van der Waals surface area contributed by atoms with Gasteiger partial charge in [0.25, 0.3) is 5.89 Å². The Labute approximate surface area is 140 Å². The molecular weight excluding hydrogens is 332 g/mol. The zero-order valence-electron chi connectivity index (χ0n) is 13.3. The third kappa shape index (κ3) is 3.38. The van der Waals surface area contributed by atoms with Crippen molar-refractivity contribution in [1.29, 1.82) is 0 Å². The molecular formula is C15H20N4O4S. The Bertz CT molecular complexity index is 778. The fourth-order valence-corrected chi connectivity index (χ4v) is 5.12. The van der Waals surface area contributed by atoms with Crippen molar-refractivity contribution in [1.82, 2.24) is 20.0 Å². The maximum absolute atomic E-state index is 11.6. The molecule has 0 saturated carbocycles. The highest BCUT2D eigenvalue weighted by Crippen LogP contribution is 2.21. The van der Waals surface area contributed by atoms with E-state index in [1.54, 1.807) is 18.4 Å². The predicted molar refractivity (Wildman–Crippen MR) is 85.9 cm³/mol. The second kappa shape index (κ2) is 6.30. The molecule has 2 fully saturated rings. The lowest BCUT2D eigenvalue weighted by molar-refractivity contribution is 0.0943. The number of sulfone groups is 1. The maximum atomic E-state index is 11.6. The molecule has 0 aromatic carbocycles. The van der Waals surface area contributed by atoms with E-state index in [-0.39, 0.29) is 6.04 Å². The molecule has 0 amide bonds. The molecule has 2 aromatic heterocycles. The highest BCUT2D eigenvalue weighted by Gasteiger charge is 2.33. The second-order valence-corrected chi connectivity index (χ2v) is 8.58. The average molecular weight is 352 g/mol. The fraction of sp³-hybridized carbons (Fsp3) is 0.600. The predicted octanol–water partition coefficient (Wildman–Crippen LogP) is 0.634. The summed E-state index contributed by atoms with van der Waals surface area (Å²) in [6.07, 6.45) is 2.33. The molecule has 0 N–H and O–H groups in total. The lowest BCUT2D eigenvalue weighted by atomic mass is 10.2. The number of hydrogen-bond acceptors (Lipinski definition) is 8. The summed E-state index contributed by atoms with van der Waals surface area (Å²) in [6, 6.07) is 3.75. The van der Waals surface area contributed by atoms with E-state index in [4.69, 9.17) is 8.83 Å². The molecule has 1 atom stereocenters. The summed E-state index contributed by atoms with van der Waals surface area (Å²) in [5, 5.41) is 8.07.